The lowest BCUT2D eigenvalue weighted by Gasteiger charge is -2.32. The Morgan fingerprint density at radius 3 is 0.906 bits per heavy atom. The topological polar surface area (TPSA) is 78.9 Å². The summed E-state index contributed by atoms with van der Waals surface area (Å²) >= 11 is 0. The first-order chi connectivity index (χ1) is 15.2. The van der Waals surface area contributed by atoms with Gasteiger partial charge in [0.25, 0.3) is 0 Å². The Balaban J connectivity index is 2.07. The van der Waals surface area contributed by atoms with Crippen LogP contribution < -0.4 is 14.2 Å². The predicted molar refractivity (Wildman–Crippen MR) is 119 cm³/mol. The highest BCUT2D eigenvalue weighted by molar-refractivity contribution is 5.70. The Morgan fingerprint density at radius 2 is 0.719 bits per heavy atom. The van der Waals surface area contributed by atoms with E-state index in [1.54, 1.807) is 36.4 Å². The highest BCUT2D eigenvalue weighted by atomic mass is 16.5. The van der Waals surface area contributed by atoms with Crippen molar-refractivity contribution in [1.29, 1.82) is 0 Å². The van der Waals surface area contributed by atoms with Crippen LogP contribution in [0.2, 0.25) is 0 Å². The Kier molecular flexibility index (Phi) is 6.73. The van der Waals surface area contributed by atoms with E-state index in [4.69, 9.17) is 14.2 Å². The van der Waals surface area contributed by atoms with Crippen LogP contribution >= 0.6 is 0 Å². The molecule has 0 radical (unpaired) electrons. The van der Waals surface area contributed by atoms with E-state index in [9.17, 15) is 14.4 Å². The molecule has 0 fully saturated rings. The van der Waals surface area contributed by atoms with Crippen LogP contribution in [0, 0.1) is 0 Å². The van der Waals surface area contributed by atoms with Crippen LogP contribution in [0.1, 0.15) is 44.4 Å². The van der Waals surface area contributed by atoms with Gasteiger partial charge in [0.2, 0.25) is 0 Å². The average Bonchev–Trinajstić information content (AvgIpc) is 2.73. The van der Waals surface area contributed by atoms with Gasteiger partial charge in [-0.05, 0) is 60.0 Å². The highest BCUT2D eigenvalue weighted by Gasteiger charge is 2.31. The van der Waals surface area contributed by atoms with Gasteiger partial charge in [0.05, 0.1) is 0 Å². The summed E-state index contributed by atoms with van der Waals surface area (Å²) in [5, 5.41) is 0. The molecule has 0 unspecified atom stereocenters. The minimum absolute atomic E-state index is 0.386. The molecule has 0 saturated carbocycles. The minimum Gasteiger partial charge on any atom is -0.427 e. The SMILES string of the molecule is CC(=O)Oc1ccc(C(C)(c2ccc(OC(C)=O)cc2)c2ccc(OC(C)=O)cc2)cc1. The van der Waals surface area contributed by atoms with E-state index in [0.29, 0.717) is 17.2 Å². The fourth-order valence-corrected chi connectivity index (χ4v) is 3.57. The summed E-state index contributed by atoms with van der Waals surface area (Å²) in [6, 6.07) is 21.9. The fourth-order valence-electron chi connectivity index (χ4n) is 3.57. The Bertz CT molecular complexity index is 968. The van der Waals surface area contributed by atoms with E-state index in [1.165, 1.54) is 20.8 Å². The molecule has 6 nitrogen and oxygen atoms in total. The third kappa shape index (κ3) is 5.21. The van der Waals surface area contributed by atoms with Crippen LogP contribution in [0.3, 0.4) is 0 Å². The van der Waals surface area contributed by atoms with Crippen molar-refractivity contribution < 1.29 is 28.6 Å². The first kappa shape index (κ1) is 22.7. The molecule has 0 amide bonds. The van der Waals surface area contributed by atoms with Gasteiger partial charge in [-0.2, -0.15) is 0 Å². The first-order valence-electron chi connectivity index (χ1n) is 10.1. The van der Waals surface area contributed by atoms with E-state index in [-0.39, 0.29) is 17.9 Å². The quantitative estimate of drug-likeness (QED) is 0.316. The Morgan fingerprint density at radius 1 is 0.500 bits per heavy atom. The van der Waals surface area contributed by atoms with E-state index < -0.39 is 5.41 Å². The number of hydrogen-bond acceptors (Lipinski definition) is 6. The first-order valence-corrected chi connectivity index (χ1v) is 10.1. The molecule has 0 N–H and O–H groups in total. The van der Waals surface area contributed by atoms with Crippen molar-refractivity contribution in [3.05, 3.63) is 89.5 Å². The Hall–Kier alpha value is -3.93. The summed E-state index contributed by atoms with van der Waals surface area (Å²) < 4.78 is 15.5. The van der Waals surface area contributed by atoms with Crippen LogP contribution in [-0.2, 0) is 19.8 Å². The maximum atomic E-state index is 11.3. The van der Waals surface area contributed by atoms with Crippen LogP contribution in [0.4, 0.5) is 0 Å². The lowest BCUT2D eigenvalue weighted by Crippen LogP contribution is -2.25. The number of carbonyl (C=O) groups excluding carboxylic acids is 3. The number of benzene rings is 3. The van der Waals surface area contributed by atoms with Crippen LogP contribution in [-0.4, -0.2) is 17.9 Å². The number of esters is 3. The normalized spacial score (nSPS) is 10.9. The maximum absolute atomic E-state index is 11.3. The molecule has 164 valence electrons. The van der Waals surface area contributed by atoms with Crippen LogP contribution in [0.25, 0.3) is 0 Å². The molecule has 3 aromatic rings. The van der Waals surface area contributed by atoms with Crippen molar-refractivity contribution in [1.82, 2.24) is 0 Å². The fraction of sp³-hybridized carbons (Fsp3) is 0.192. The zero-order chi connectivity index (χ0) is 23.3. The van der Waals surface area contributed by atoms with Crippen LogP contribution in [0.5, 0.6) is 17.2 Å². The van der Waals surface area contributed by atoms with Gasteiger partial charge in [-0.15, -0.1) is 0 Å². The zero-order valence-electron chi connectivity index (χ0n) is 18.4. The third-order valence-electron chi connectivity index (χ3n) is 5.08. The van der Waals surface area contributed by atoms with Crippen molar-refractivity contribution in [2.45, 2.75) is 33.1 Å². The number of ether oxygens (including phenoxy) is 3. The van der Waals surface area contributed by atoms with E-state index >= 15 is 0 Å². The van der Waals surface area contributed by atoms with E-state index in [0.717, 1.165) is 16.7 Å². The number of rotatable bonds is 6. The van der Waals surface area contributed by atoms with Gasteiger partial charge in [0.1, 0.15) is 17.2 Å². The van der Waals surface area contributed by atoms with Crippen molar-refractivity contribution in [3.8, 4) is 17.2 Å². The highest BCUT2D eigenvalue weighted by Crippen LogP contribution is 2.40. The number of carbonyl (C=O) groups is 3. The molecule has 0 aliphatic rings. The minimum atomic E-state index is -0.599. The second-order valence-corrected chi connectivity index (χ2v) is 7.48. The summed E-state index contributed by atoms with van der Waals surface area (Å²) in [6.45, 7) is 6.13. The van der Waals surface area contributed by atoms with Gasteiger partial charge in [-0.3, -0.25) is 14.4 Å². The van der Waals surface area contributed by atoms with Gasteiger partial charge in [0.15, 0.2) is 0 Å². The maximum Gasteiger partial charge on any atom is 0.308 e. The monoisotopic (exact) mass is 432 g/mol. The largest absolute Gasteiger partial charge is 0.427 e. The molecule has 0 spiro atoms. The molecule has 0 aliphatic carbocycles. The van der Waals surface area contributed by atoms with Gasteiger partial charge < -0.3 is 14.2 Å². The summed E-state index contributed by atoms with van der Waals surface area (Å²) in [5.41, 5.74) is 2.26. The van der Waals surface area contributed by atoms with Gasteiger partial charge in [-0.25, -0.2) is 0 Å². The summed E-state index contributed by atoms with van der Waals surface area (Å²) in [6.07, 6.45) is 0. The molecule has 0 aromatic heterocycles. The molecular weight excluding hydrogens is 408 g/mol. The van der Waals surface area contributed by atoms with Gasteiger partial charge >= 0.3 is 17.9 Å². The lowest BCUT2D eigenvalue weighted by molar-refractivity contribution is -0.132. The molecule has 0 heterocycles. The molecular formula is C26H24O6. The molecule has 0 aliphatic heterocycles. The summed E-state index contributed by atoms with van der Waals surface area (Å²) in [4.78, 5) is 33.8. The van der Waals surface area contributed by atoms with E-state index in [2.05, 4.69) is 6.92 Å². The summed E-state index contributed by atoms with van der Waals surface area (Å²) in [5.74, 6) is 0.213. The molecule has 0 atom stereocenters. The van der Waals surface area contributed by atoms with E-state index in [1.807, 2.05) is 36.4 Å². The molecule has 3 aromatic carbocycles. The third-order valence-corrected chi connectivity index (χ3v) is 5.08. The molecule has 6 heteroatoms. The summed E-state index contributed by atoms with van der Waals surface area (Å²) in [7, 11) is 0. The van der Waals surface area contributed by atoms with Crippen molar-refractivity contribution >= 4 is 17.9 Å². The molecule has 32 heavy (non-hydrogen) atoms. The zero-order valence-corrected chi connectivity index (χ0v) is 18.4. The molecule has 0 bridgehead atoms. The molecule has 0 saturated heterocycles. The molecule has 3 rings (SSSR count). The predicted octanol–water partition coefficient (Wildman–Crippen LogP) is 4.82. The van der Waals surface area contributed by atoms with Gasteiger partial charge in [0, 0.05) is 26.2 Å². The van der Waals surface area contributed by atoms with Crippen LogP contribution in [0.15, 0.2) is 72.8 Å². The smallest absolute Gasteiger partial charge is 0.308 e. The number of hydrogen-bond donors (Lipinski definition) is 0. The van der Waals surface area contributed by atoms with Crippen molar-refractivity contribution in [2.75, 3.05) is 0 Å². The van der Waals surface area contributed by atoms with Gasteiger partial charge in [-0.1, -0.05) is 36.4 Å². The van der Waals surface area contributed by atoms with Crippen molar-refractivity contribution in [2.24, 2.45) is 0 Å². The van der Waals surface area contributed by atoms with Crippen molar-refractivity contribution in [3.63, 3.8) is 0 Å². The Labute approximate surface area is 186 Å². The lowest BCUT2D eigenvalue weighted by atomic mass is 9.71. The second kappa shape index (κ2) is 9.47. The second-order valence-electron chi connectivity index (χ2n) is 7.48. The standard InChI is InChI=1S/C26H24O6/c1-17(27)30-23-11-5-20(6-12-23)26(4,21-7-13-24(14-8-21)31-18(2)28)22-9-15-25(16-10-22)32-19(3)29/h5-16H,1-4H3. The average molecular weight is 432 g/mol.